The number of rotatable bonds is 3. The van der Waals surface area contributed by atoms with Gasteiger partial charge < -0.3 is 14.0 Å². The van der Waals surface area contributed by atoms with Gasteiger partial charge in [0.05, 0.1) is 0 Å². The summed E-state index contributed by atoms with van der Waals surface area (Å²) in [5.74, 6) is 1.70. The lowest BCUT2D eigenvalue weighted by Gasteiger charge is -2.19. The average molecular weight is 257 g/mol. The van der Waals surface area contributed by atoms with Gasteiger partial charge in [-0.05, 0) is 43.7 Å². The predicted molar refractivity (Wildman–Crippen MR) is 75.9 cm³/mol. The van der Waals surface area contributed by atoms with E-state index in [1.165, 1.54) is 17.0 Å². The third-order valence-electron chi connectivity index (χ3n) is 3.48. The molecule has 3 heteroatoms. The normalized spacial score (nSPS) is 13.6. The second-order valence-electron chi connectivity index (χ2n) is 4.87. The van der Waals surface area contributed by atoms with E-state index in [-0.39, 0.29) is 0 Å². The van der Waals surface area contributed by atoms with Crippen LogP contribution < -0.4 is 9.47 Å². The van der Waals surface area contributed by atoms with Gasteiger partial charge in [0.2, 0.25) is 0 Å². The van der Waals surface area contributed by atoms with Crippen LogP contribution in [0.15, 0.2) is 30.3 Å². The van der Waals surface area contributed by atoms with E-state index in [1.807, 2.05) is 6.07 Å². The average Bonchev–Trinajstić information content (AvgIpc) is 2.80. The van der Waals surface area contributed by atoms with Crippen LogP contribution in [0.2, 0.25) is 0 Å². The predicted octanol–water partition coefficient (Wildman–Crippen LogP) is 3.64. The fourth-order valence-electron chi connectivity index (χ4n) is 2.54. The topological polar surface area (TPSA) is 23.4 Å². The molecule has 0 aliphatic carbocycles. The van der Waals surface area contributed by atoms with Crippen LogP contribution in [0.25, 0.3) is 11.3 Å². The number of fused-ring (bicyclic) bond motifs is 1. The molecule has 0 fully saturated rings. The standard InChI is InChI=1S/C16H19NO2/c1-3-8-17-12(2)4-6-14(17)13-5-7-15-16(11-13)19-10-9-18-15/h4-7,11H,3,8-10H2,1-2H3. The lowest BCUT2D eigenvalue weighted by atomic mass is 10.1. The van der Waals surface area contributed by atoms with Crippen molar-refractivity contribution in [2.24, 2.45) is 0 Å². The number of ether oxygens (including phenoxy) is 2. The molecule has 0 atom stereocenters. The van der Waals surface area contributed by atoms with E-state index in [4.69, 9.17) is 9.47 Å². The summed E-state index contributed by atoms with van der Waals surface area (Å²) in [6.45, 7) is 6.66. The highest BCUT2D eigenvalue weighted by atomic mass is 16.6. The first-order valence-corrected chi connectivity index (χ1v) is 6.85. The molecular formula is C16H19NO2. The third-order valence-corrected chi connectivity index (χ3v) is 3.48. The first kappa shape index (κ1) is 12.2. The second-order valence-corrected chi connectivity index (χ2v) is 4.87. The Morgan fingerprint density at radius 2 is 1.84 bits per heavy atom. The summed E-state index contributed by atoms with van der Waals surface area (Å²) in [7, 11) is 0. The number of aryl methyl sites for hydroxylation is 1. The van der Waals surface area contributed by atoms with Crippen LogP contribution >= 0.6 is 0 Å². The van der Waals surface area contributed by atoms with Gasteiger partial charge in [0.1, 0.15) is 13.2 Å². The van der Waals surface area contributed by atoms with E-state index in [0.29, 0.717) is 13.2 Å². The van der Waals surface area contributed by atoms with Gasteiger partial charge in [-0.2, -0.15) is 0 Å². The SMILES string of the molecule is CCCn1c(C)ccc1-c1ccc2c(c1)OCCO2. The molecule has 0 spiro atoms. The molecular weight excluding hydrogens is 238 g/mol. The van der Waals surface area contributed by atoms with Crippen molar-refractivity contribution in [3.05, 3.63) is 36.0 Å². The van der Waals surface area contributed by atoms with Crippen molar-refractivity contribution in [1.82, 2.24) is 4.57 Å². The Bertz CT molecular complexity index is 586. The molecule has 0 radical (unpaired) electrons. The van der Waals surface area contributed by atoms with Crippen molar-refractivity contribution in [3.8, 4) is 22.8 Å². The summed E-state index contributed by atoms with van der Waals surface area (Å²) in [6, 6.07) is 10.5. The Labute approximate surface area is 113 Å². The van der Waals surface area contributed by atoms with Crippen molar-refractivity contribution in [2.45, 2.75) is 26.8 Å². The molecule has 1 aromatic carbocycles. The summed E-state index contributed by atoms with van der Waals surface area (Å²) in [5, 5.41) is 0. The van der Waals surface area contributed by atoms with Crippen LogP contribution in [0.1, 0.15) is 19.0 Å². The highest BCUT2D eigenvalue weighted by molar-refractivity contribution is 5.65. The van der Waals surface area contributed by atoms with Crippen molar-refractivity contribution in [2.75, 3.05) is 13.2 Å². The number of hydrogen-bond acceptors (Lipinski definition) is 2. The highest BCUT2D eigenvalue weighted by Gasteiger charge is 2.14. The summed E-state index contributed by atoms with van der Waals surface area (Å²) in [5.41, 5.74) is 3.73. The quantitative estimate of drug-likeness (QED) is 0.838. The molecule has 1 aromatic heterocycles. The fraction of sp³-hybridized carbons (Fsp3) is 0.375. The molecule has 0 unspecified atom stereocenters. The van der Waals surface area contributed by atoms with Gasteiger partial charge in [0.15, 0.2) is 11.5 Å². The monoisotopic (exact) mass is 257 g/mol. The first-order chi connectivity index (χ1) is 9.29. The number of hydrogen-bond donors (Lipinski definition) is 0. The van der Waals surface area contributed by atoms with E-state index < -0.39 is 0 Å². The zero-order chi connectivity index (χ0) is 13.2. The van der Waals surface area contributed by atoms with Gasteiger partial charge in [0, 0.05) is 23.5 Å². The molecule has 0 saturated heterocycles. The van der Waals surface area contributed by atoms with E-state index in [0.717, 1.165) is 24.5 Å². The zero-order valence-electron chi connectivity index (χ0n) is 11.5. The highest BCUT2D eigenvalue weighted by Crippen LogP contribution is 2.35. The molecule has 2 heterocycles. The van der Waals surface area contributed by atoms with Gasteiger partial charge in [-0.1, -0.05) is 6.92 Å². The maximum Gasteiger partial charge on any atom is 0.162 e. The summed E-state index contributed by atoms with van der Waals surface area (Å²) >= 11 is 0. The maximum absolute atomic E-state index is 5.66. The molecule has 3 rings (SSSR count). The first-order valence-electron chi connectivity index (χ1n) is 6.85. The Hall–Kier alpha value is -1.90. The minimum atomic E-state index is 0.630. The summed E-state index contributed by atoms with van der Waals surface area (Å²) in [4.78, 5) is 0. The van der Waals surface area contributed by atoms with E-state index in [9.17, 15) is 0 Å². The van der Waals surface area contributed by atoms with Gasteiger partial charge in [-0.15, -0.1) is 0 Å². The Morgan fingerprint density at radius 1 is 1.05 bits per heavy atom. The van der Waals surface area contributed by atoms with Gasteiger partial charge in [0.25, 0.3) is 0 Å². The van der Waals surface area contributed by atoms with Crippen molar-refractivity contribution >= 4 is 0 Å². The molecule has 100 valence electrons. The minimum absolute atomic E-state index is 0.630. The van der Waals surface area contributed by atoms with Gasteiger partial charge in [-0.3, -0.25) is 0 Å². The van der Waals surface area contributed by atoms with Crippen LogP contribution in [0.4, 0.5) is 0 Å². The summed E-state index contributed by atoms with van der Waals surface area (Å²) in [6.07, 6.45) is 1.13. The van der Waals surface area contributed by atoms with Crippen LogP contribution in [0.3, 0.4) is 0 Å². The maximum atomic E-state index is 5.66. The van der Waals surface area contributed by atoms with Gasteiger partial charge >= 0.3 is 0 Å². The van der Waals surface area contributed by atoms with Crippen LogP contribution in [-0.2, 0) is 6.54 Å². The Kier molecular flexibility index (Phi) is 3.20. The molecule has 2 aromatic rings. The Balaban J connectivity index is 2.02. The summed E-state index contributed by atoms with van der Waals surface area (Å²) < 4.78 is 13.6. The molecule has 0 amide bonds. The molecule has 0 bridgehead atoms. The smallest absolute Gasteiger partial charge is 0.162 e. The molecule has 1 aliphatic heterocycles. The van der Waals surface area contributed by atoms with Crippen molar-refractivity contribution in [3.63, 3.8) is 0 Å². The molecule has 3 nitrogen and oxygen atoms in total. The number of benzene rings is 1. The minimum Gasteiger partial charge on any atom is -0.486 e. The molecule has 19 heavy (non-hydrogen) atoms. The largest absolute Gasteiger partial charge is 0.486 e. The van der Waals surface area contributed by atoms with Crippen molar-refractivity contribution in [1.29, 1.82) is 0 Å². The zero-order valence-corrected chi connectivity index (χ0v) is 11.5. The molecule has 1 aliphatic rings. The van der Waals surface area contributed by atoms with E-state index in [2.05, 4.69) is 42.7 Å². The number of nitrogens with zero attached hydrogens (tertiary/aromatic N) is 1. The Morgan fingerprint density at radius 3 is 2.63 bits per heavy atom. The molecule has 0 saturated carbocycles. The van der Waals surface area contributed by atoms with Crippen LogP contribution in [0.5, 0.6) is 11.5 Å². The lowest BCUT2D eigenvalue weighted by molar-refractivity contribution is 0.171. The fourth-order valence-corrected chi connectivity index (χ4v) is 2.54. The van der Waals surface area contributed by atoms with Crippen LogP contribution in [-0.4, -0.2) is 17.8 Å². The van der Waals surface area contributed by atoms with Crippen LogP contribution in [0, 0.1) is 6.92 Å². The molecule has 0 N–H and O–H groups in total. The van der Waals surface area contributed by atoms with Gasteiger partial charge in [-0.25, -0.2) is 0 Å². The third kappa shape index (κ3) is 2.21. The number of aromatic nitrogens is 1. The van der Waals surface area contributed by atoms with Crippen molar-refractivity contribution < 1.29 is 9.47 Å². The van der Waals surface area contributed by atoms with E-state index >= 15 is 0 Å². The lowest BCUT2D eigenvalue weighted by Crippen LogP contribution is -2.15. The van der Waals surface area contributed by atoms with E-state index in [1.54, 1.807) is 0 Å². The second kappa shape index (κ2) is 5.00.